The lowest BCUT2D eigenvalue weighted by Gasteiger charge is -2.08. The molecule has 0 saturated heterocycles. The second-order valence-electron chi connectivity index (χ2n) is 6.32. The monoisotopic (exact) mass is 352 g/mol. The van der Waals surface area contributed by atoms with E-state index < -0.39 is 0 Å². The lowest BCUT2D eigenvalue weighted by molar-refractivity contribution is -0.117. The van der Waals surface area contributed by atoms with Gasteiger partial charge in [-0.15, -0.1) is 0 Å². The predicted molar refractivity (Wildman–Crippen MR) is 105 cm³/mol. The van der Waals surface area contributed by atoms with Crippen molar-refractivity contribution in [2.24, 2.45) is 5.92 Å². The predicted octanol–water partition coefficient (Wildman–Crippen LogP) is 4.33. The summed E-state index contributed by atoms with van der Waals surface area (Å²) in [6.45, 7) is 3.99. The summed E-state index contributed by atoms with van der Waals surface area (Å²) in [5.41, 5.74) is 2.25. The summed E-state index contributed by atoms with van der Waals surface area (Å²) >= 11 is 0. The van der Waals surface area contributed by atoms with Crippen molar-refractivity contribution in [1.29, 1.82) is 0 Å². The van der Waals surface area contributed by atoms with E-state index >= 15 is 0 Å². The standard InChI is InChI=1S/C21H24N2O3/c1-15(2)13-21(25)23-18-10-8-17(9-11-18)22-20(24)12-7-16-5-4-6-19(14-16)26-3/h4-12,14-15H,13H2,1-3H3,(H,22,24)(H,23,25)/b12-7+. The molecule has 0 aromatic heterocycles. The fourth-order valence-electron chi connectivity index (χ4n) is 2.32. The van der Waals surface area contributed by atoms with Crippen molar-refractivity contribution < 1.29 is 14.3 Å². The van der Waals surface area contributed by atoms with Crippen LogP contribution in [0.5, 0.6) is 5.75 Å². The highest BCUT2D eigenvalue weighted by Gasteiger charge is 2.05. The summed E-state index contributed by atoms with van der Waals surface area (Å²) in [4.78, 5) is 23.8. The van der Waals surface area contributed by atoms with E-state index in [1.165, 1.54) is 6.08 Å². The summed E-state index contributed by atoms with van der Waals surface area (Å²) in [7, 11) is 1.60. The minimum absolute atomic E-state index is 0.0157. The number of carbonyl (C=O) groups excluding carboxylic acids is 2. The summed E-state index contributed by atoms with van der Waals surface area (Å²) in [5.74, 6) is 0.801. The van der Waals surface area contributed by atoms with Crippen molar-refractivity contribution in [3.8, 4) is 5.75 Å². The van der Waals surface area contributed by atoms with E-state index in [2.05, 4.69) is 10.6 Å². The minimum atomic E-state index is -0.232. The van der Waals surface area contributed by atoms with E-state index in [0.717, 1.165) is 11.3 Å². The van der Waals surface area contributed by atoms with Gasteiger partial charge >= 0.3 is 0 Å². The van der Waals surface area contributed by atoms with Gasteiger partial charge in [0.25, 0.3) is 0 Å². The van der Waals surface area contributed by atoms with E-state index in [0.29, 0.717) is 23.7 Å². The van der Waals surface area contributed by atoms with Crippen LogP contribution in [0.3, 0.4) is 0 Å². The Hall–Kier alpha value is -3.08. The molecular weight excluding hydrogens is 328 g/mol. The average Bonchev–Trinajstić information content (AvgIpc) is 2.61. The van der Waals surface area contributed by atoms with E-state index in [-0.39, 0.29) is 11.8 Å². The molecule has 26 heavy (non-hydrogen) atoms. The van der Waals surface area contributed by atoms with Gasteiger partial charge in [0.05, 0.1) is 7.11 Å². The molecule has 0 bridgehead atoms. The topological polar surface area (TPSA) is 67.4 Å². The van der Waals surface area contributed by atoms with E-state index in [9.17, 15) is 9.59 Å². The number of hydrogen-bond acceptors (Lipinski definition) is 3. The van der Waals surface area contributed by atoms with Crippen LogP contribution in [0.2, 0.25) is 0 Å². The van der Waals surface area contributed by atoms with Crippen LogP contribution in [0.1, 0.15) is 25.8 Å². The number of carbonyl (C=O) groups is 2. The number of rotatable bonds is 7. The maximum absolute atomic E-state index is 12.0. The van der Waals surface area contributed by atoms with Gasteiger partial charge in [-0.1, -0.05) is 26.0 Å². The maximum Gasteiger partial charge on any atom is 0.248 e. The Balaban J connectivity index is 1.90. The smallest absolute Gasteiger partial charge is 0.248 e. The third-order valence-electron chi connectivity index (χ3n) is 3.55. The Kier molecular flexibility index (Phi) is 6.97. The summed E-state index contributed by atoms with van der Waals surface area (Å²) in [5, 5.41) is 5.62. The zero-order valence-corrected chi connectivity index (χ0v) is 15.3. The van der Waals surface area contributed by atoms with Gasteiger partial charge in [-0.3, -0.25) is 9.59 Å². The van der Waals surface area contributed by atoms with Gasteiger partial charge in [0.15, 0.2) is 0 Å². The quantitative estimate of drug-likeness (QED) is 0.729. The molecule has 0 radical (unpaired) electrons. The third-order valence-corrected chi connectivity index (χ3v) is 3.55. The second-order valence-corrected chi connectivity index (χ2v) is 6.32. The second kappa shape index (κ2) is 9.42. The van der Waals surface area contributed by atoms with Crippen LogP contribution < -0.4 is 15.4 Å². The number of anilines is 2. The number of ether oxygens (including phenoxy) is 1. The summed E-state index contributed by atoms with van der Waals surface area (Å²) in [6, 6.07) is 14.5. The molecule has 2 aromatic carbocycles. The summed E-state index contributed by atoms with van der Waals surface area (Å²) < 4.78 is 5.15. The van der Waals surface area contributed by atoms with E-state index in [1.54, 1.807) is 37.5 Å². The van der Waals surface area contributed by atoms with Crippen molar-refractivity contribution >= 4 is 29.3 Å². The first-order chi connectivity index (χ1) is 12.5. The van der Waals surface area contributed by atoms with Crippen LogP contribution in [-0.2, 0) is 9.59 Å². The highest BCUT2D eigenvalue weighted by Crippen LogP contribution is 2.16. The molecule has 0 aliphatic carbocycles. The van der Waals surface area contributed by atoms with Gasteiger partial charge in [-0.2, -0.15) is 0 Å². The minimum Gasteiger partial charge on any atom is -0.497 e. The van der Waals surface area contributed by atoms with Gasteiger partial charge in [-0.25, -0.2) is 0 Å². The molecule has 0 spiro atoms. The first kappa shape index (κ1) is 19.2. The summed E-state index contributed by atoms with van der Waals surface area (Å²) in [6.07, 6.45) is 3.67. The molecule has 136 valence electrons. The van der Waals surface area contributed by atoms with Crippen molar-refractivity contribution in [3.63, 3.8) is 0 Å². The van der Waals surface area contributed by atoms with Crippen molar-refractivity contribution in [2.75, 3.05) is 17.7 Å². The fourth-order valence-corrected chi connectivity index (χ4v) is 2.32. The largest absolute Gasteiger partial charge is 0.497 e. The lowest BCUT2D eigenvalue weighted by atomic mass is 10.1. The van der Waals surface area contributed by atoms with Crippen LogP contribution in [0.4, 0.5) is 11.4 Å². The molecule has 0 aliphatic rings. The molecule has 0 atom stereocenters. The number of benzene rings is 2. The average molecular weight is 352 g/mol. The lowest BCUT2D eigenvalue weighted by Crippen LogP contribution is -2.14. The van der Waals surface area contributed by atoms with Crippen LogP contribution in [-0.4, -0.2) is 18.9 Å². The van der Waals surface area contributed by atoms with Crippen LogP contribution in [0.15, 0.2) is 54.6 Å². The SMILES string of the molecule is COc1cccc(/C=C/C(=O)Nc2ccc(NC(=O)CC(C)C)cc2)c1. The Labute approximate surface area is 154 Å². The molecule has 0 unspecified atom stereocenters. The molecule has 0 heterocycles. The highest BCUT2D eigenvalue weighted by atomic mass is 16.5. The van der Waals surface area contributed by atoms with Gasteiger partial charge in [0.2, 0.25) is 11.8 Å². The fraction of sp³-hybridized carbons (Fsp3) is 0.238. The maximum atomic E-state index is 12.0. The van der Waals surface area contributed by atoms with Crippen LogP contribution in [0, 0.1) is 5.92 Å². The molecule has 0 aliphatic heterocycles. The van der Waals surface area contributed by atoms with Gasteiger partial charge in [0, 0.05) is 23.9 Å². The third kappa shape index (κ3) is 6.43. The van der Waals surface area contributed by atoms with Gasteiger partial charge in [0.1, 0.15) is 5.75 Å². The molecule has 2 aromatic rings. The van der Waals surface area contributed by atoms with E-state index in [1.807, 2.05) is 38.1 Å². The first-order valence-electron chi connectivity index (χ1n) is 8.49. The Morgan fingerprint density at radius 2 is 1.69 bits per heavy atom. The van der Waals surface area contributed by atoms with Crippen molar-refractivity contribution in [1.82, 2.24) is 0 Å². The highest BCUT2D eigenvalue weighted by molar-refractivity contribution is 6.02. The number of amides is 2. The van der Waals surface area contributed by atoms with E-state index in [4.69, 9.17) is 4.74 Å². The molecule has 2 rings (SSSR count). The molecule has 5 nitrogen and oxygen atoms in total. The molecule has 2 amide bonds. The zero-order valence-electron chi connectivity index (χ0n) is 15.3. The Bertz CT molecular complexity index is 780. The first-order valence-corrected chi connectivity index (χ1v) is 8.49. The van der Waals surface area contributed by atoms with Crippen LogP contribution in [0.25, 0.3) is 6.08 Å². The molecular formula is C21H24N2O3. The van der Waals surface area contributed by atoms with Gasteiger partial charge < -0.3 is 15.4 Å². The molecule has 2 N–H and O–H groups in total. The number of methoxy groups -OCH3 is 1. The number of nitrogens with one attached hydrogen (secondary N) is 2. The Morgan fingerprint density at radius 1 is 1.04 bits per heavy atom. The Morgan fingerprint density at radius 3 is 2.31 bits per heavy atom. The molecule has 5 heteroatoms. The van der Waals surface area contributed by atoms with Gasteiger partial charge in [-0.05, 0) is 54.0 Å². The molecule has 0 saturated carbocycles. The van der Waals surface area contributed by atoms with Crippen molar-refractivity contribution in [2.45, 2.75) is 20.3 Å². The van der Waals surface area contributed by atoms with Crippen molar-refractivity contribution in [3.05, 3.63) is 60.2 Å². The zero-order chi connectivity index (χ0) is 18.9. The normalized spacial score (nSPS) is 10.8. The number of hydrogen-bond donors (Lipinski definition) is 2. The van der Waals surface area contributed by atoms with Crippen LogP contribution >= 0.6 is 0 Å². The molecule has 0 fully saturated rings.